The summed E-state index contributed by atoms with van der Waals surface area (Å²) in [6.45, 7) is 61.2. The molecule has 8 saturated heterocycles. The van der Waals surface area contributed by atoms with Crippen LogP contribution >= 0.6 is 0 Å². The van der Waals surface area contributed by atoms with Gasteiger partial charge in [-0.1, -0.05) is 180 Å². The highest BCUT2D eigenvalue weighted by molar-refractivity contribution is 7.91. The third kappa shape index (κ3) is 34.9. The first kappa shape index (κ1) is 108. The molecule has 0 saturated carbocycles. The van der Waals surface area contributed by atoms with E-state index in [2.05, 4.69) is 326 Å². The quantitative estimate of drug-likeness (QED) is 0.0751. The van der Waals surface area contributed by atoms with Gasteiger partial charge in [-0.2, -0.15) is 0 Å². The Bertz CT molecular complexity index is 4570. The van der Waals surface area contributed by atoms with Gasteiger partial charge in [0.25, 0.3) is 0 Å². The molecule has 0 spiro atoms. The first-order chi connectivity index (χ1) is 63.4. The summed E-state index contributed by atoms with van der Waals surface area (Å²) in [6.07, 6.45) is 31.8. The fourth-order valence-corrected chi connectivity index (χ4v) is 18.4. The number of carbonyl (C=O) groups is 1. The van der Waals surface area contributed by atoms with Gasteiger partial charge < -0.3 is 58.9 Å². The molecule has 4 atom stereocenters. The maximum atomic E-state index is 11.5. The summed E-state index contributed by atoms with van der Waals surface area (Å²) in [5.41, 5.74) is 10.4. The summed E-state index contributed by atoms with van der Waals surface area (Å²) in [6, 6.07) is 35.8. The van der Waals surface area contributed by atoms with Gasteiger partial charge in [-0.15, -0.1) is 0 Å². The van der Waals surface area contributed by atoms with Gasteiger partial charge in [0.15, 0.2) is 9.84 Å². The molecule has 133 heavy (non-hydrogen) atoms. The van der Waals surface area contributed by atoms with Crippen molar-refractivity contribution in [1.29, 1.82) is 0 Å². The van der Waals surface area contributed by atoms with Crippen LogP contribution in [0.1, 0.15) is 301 Å². The molecule has 16 heterocycles. The van der Waals surface area contributed by atoms with E-state index in [0.717, 1.165) is 163 Å². The van der Waals surface area contributed by atoms with E-state index in [1.165, 1.54) is 128 Å². The summed E-state index contributed by atoms with van der Waals surface area (Å²) < 4.78 is 33.7. The highest BCUT2D eigenvalue weighted by atomic mass is 32.2. The summed E-state index contributed by atoms with van der Waals surface area (Å²) >= 11 is 0. The van der Waals surface area contributed by atoms with Gasteiger partial charge in [-0.25, -0.2) is 48.3 Å². The molecule has 1 N–H and O–H groups in total. The van der Waals surface area contributed by atoms with Gasteiger partial charge in [0, 0.05) is 180 Å². The van der Waals surface area contributed by atoms with Gasteiger partial charge in [-0.05, 0) is 243 Å². The van der Waals surface area contributed by atoms with Crippen LogP contribution in [0.3, 0.4) is 0 Å². The molecule has 23 nitrogen and oxygen atoms in total. The van der Waals surface area contributed by atoms with Crippen LogP contribution in [0.15, 0.2) is 147 Å². The summed E-state index contributed by atoms with van der Waals surface area (Å²) in [5, 5.41) is 2.71. The first-order valence-corrected chi connectivity index (χ1v) is 52.2. The number of hydrogen-bond acceptors (Lipinski definition) is 22. The molecule has 0 aliphatic carbocycles. The van der Waals surface area contributed by atoms with Crippen molar-refractivity contribution in [2.24, 2.45) is 11.8 Å². The van der Waals surface area contributed by atoms with Crippen molar-refractivity contribution in [3.8, 4) is 0 Å². The zero-order valence-electron chi connectivity index (χ0n) is 86.1. The Hall–Kier alpha value is -9.10. The number of morpholine rings is 1. The van der Waals surface area contributed by atoms with Gasteiger partial charge >= 0.3 is 0 Å². The van der Waals surface area contributed by atoms with E-state index >= 15 is 0 Å². The number of aromatic nitrogens is 8. The number of nitrogens with zero attached hydrogens (tertiary/aromatic N) is 17. The maximum Gasteiger partial charge on any atom is 0.217 e. The molecule has 0 aromatic carbocycles. The minimum Gasteiger partial charge on any atom is -0.383 e. The Morgan fingerprint density at radius 2 is 0.722 bits per heavy atom. The second kappa shape index (κ2) is 53.4. The van der Waals surface area contributed by atoms with Gasteiger partial charge in [0.2, 0.25) is 5.91 Å². The highest BCUT2D eigenvalue weighted by Crippen LogP contribution is 2.32. The van der Waals surface area contributed by atoms with Crippen molar-refractivity contribution < 1.29 is 22.7 Å². The lowest BCUT2D eigenvalue weighted by atomic mass is 9.88. The summed E-state index contributed by atoms with van der Waals surface area (Å²) in [7, 11) is 3.14. The number of anilines is 8. The van der Waals surface area contributed by atoms with Gasteiger partial charge in [-0.3, -0.25) is 4.79 Å². The van der Waals surface area contributed by atoms with Crippen LogP contribution in [-0.2, 0) is 29.5 Å². The van der Waals surface area contributed by atoms with E-state index in [4.69, 9.17) is 9.47 Å². The van der Waals surface area contributed by atoms with Crippen LogP contribution in [0.4, 0.5) is 46.5 Å². The minimum atomic E-state index is -2.94. The average Bonchev–Trinajstić information content (AvgIpc) is 1.65. The first-order valence-electron chi connectivity index (χ1n) is 50.3. The molecular weight excluding hydrogens is 1670 g/mol. The molecule has 0 radical (unpaired) electrons. The molecule has 1 amide bonds. The minimum absolute atomic E-state index is 0.0463. The highest BCUT2D eigenvalue weighted by Gasteiger charge is 2.33. The van der Waals surface area contributed by atoms with E-state index in [1.807, 2.05) is 55.6 Å². The fraction of sp³-hybridized carbons (Fsp3) is 0.624. The second-order valence-electron chi connectivity index (χ2n) is 41.5. The molecular formula is C109H170N18O5S. The van der Waals surface area contributed by atoms with Gasteiger partial charge in [0.05, 0.1) is 31.1 Å². The maximum absolute atomic E-state index is 11.5. The number of ether oxygens (including phenoxy) is 2. The Labute approximate surface area is 803 Å². The summed E-state index contributed by atoms with van der Waals surface area (Å²) in [4.78, 5) is 68.2. The predicted molar refractivity (Wildman–Crippen MR) is 558 cm³/mol. The number of likely N-dealkylation sites (N-methyl/N-ethyl adjacent to an activating group) is 1. The van der Waals surface area contributed by atoms with Crippen LogP contribution in [0, 0.1) is 11.8 Å². The third-order valence-corrected chi connectivity index (χ3v) is 28.7. The molecule has 1 unspecified atom stereocenters. The van der Waals surface area contributed by atoms with Crippen LogP contribution in [-0.4, -0.2) is 228 Å². The van der Waals surface area contributed by atoms with Crippen molar-refractivity contribution in [1.82, 2.24) is 50.1 Å². The lowest BCUT2D eigenvalue weighted by molar-refractivity contribution is -0.119. The van der Waals surface area contributed by atoms with Crippen LogP contribution in [0.2, 0.25) is 0 Å². The zero-order chi connectivity index (χ0) is 96.5. The lowest BCUT2D eigenvalue weighted by Gasteiger charge is -2.31. The third-order valence-electron chi connectivity index (χ3n) is 27.1. The summed E-state index contributed by atoms with van der Waals surface area (Å²) in [5.74, 6) is 14.3. The Kier molecular flexibility index (Phi) is 43.2. The largest absolute Gasteiger partial charge is 0.383 e. The predicted octanol–water partition coefficient (Wildman–Crippen LogP) is 21.2. The van der Waals surface area contributed by atoms with E-state index in [0.29, 0.717) is 66.5 Å². The average molecular weight is 1840 g/mol. The fourth-order valence-electron chi connectivity index (χ4n) is 17.4. The smallest absolute Gasteiger partial charge is 0.217 e. The van der Waals surface area contributed by atoms with Crippen molar-refractivity contribution in [2.45, 2.75) is 286 Å². The van der Waals surface area contributed by atoms with Crippen molar-refractivity contribution in [3.63, 3.8) is 0 Å². The van der Waals surface area contributed by atoms with Crippen LogP contribution in [0.25, 0.3) is 0 Å². The number of piperidine rings is 3. The zero-order valence-corrected chi connectivity index (χ0v) is 86.9. The Morgan fingerprint density at radius 1 is 0.398 bits per heavy atom. The number of rotatable bonds is 20. The van der Waals surface area contributed by atoms with Crippen molar-refractivity contribution >= 4 is 62.3 Å². The molecule has 16 rings (SSSR count). The number of nitrogens with one attached hydrogen (secondary N) is 1. The van der Waals surface area contributed by atoms with E-state index in [9.17, 15) is 13.2 Å². The topological polar surface area (TPSA) is 214 Å². The lowest BCUT2D eigenvalue weighted by Crippen LogP contribution is -2.36. The molecule has 8 aromatic rings. The molecule has 8 fully saturated rings. The van der Waals surface area contributed by atoms with Crippen molar-refractivity contribution in [3.05, 3.63) is 191 Å². The number of pyridine rings is 8. The molecule has 8 aliphatic heterocycles. The van der Waals surface area contributed by atoms with E-state index in [1.54, 1.807) is 14.0 Å². The van der Waals surface area contributed by atoms with Gasteiger partial charge in [0.1, 0.15) is 46.5 Å². The molecule has 0 bridgehead atoms. The van der Waals surface area contributed by atoms with Crippen molar-refractivity contribution in [2.75, 3.05) is 185 Å². The molecule has 732 valence electrons. The molecule has 8 aromatic heterocycles. The standard InChI is InChI=1S/C14H21N3O.C14H23N3.C14H22N2O2S.C14H22N2O.2C14H22N2.C13H20N2.C12H18N2O/c1-10(2)12-4-5-14(15-8-12)17-7-6-13(9-17)16-11(3)18;1-11(2)12-5-6-14(15-9-12)17-8-7-13(10-17)16(3)4;1-14(2,3)11-5-6-13(15-9-11)16-8-7-12(10-16)19(4,17)18;1-11(2)12-6-7-14(15-9-12)16-8-4-5-13(16)10-17-3;2*1-11(2)13-4-5-14(15-10-13)16-8-6-12(3)7-9-16;1-11(2)12-6-7-13(14-10-12)15-8-4-3-5-9-15;1-10(2)11-3-4-12(13-9-11)14-5-7-15-8-6-14/h4-5,8,10,13H,6-7,9H2,1-3H3,(H,16,18);5-6,9,11,13H,7-8,10H2,1-4H3;5-6,9,12H,7-8,10H2,1-4H3;6-7,9,11,13H,4-5,8,10H2,1-3H3;2*4-5,10-12H,6-9H2,1-3H3;6-7,10-11H,3-5,8-9H2,1-2H3;3-4,9-10H,5-8H2,1-2H3/t2*13-;;13-;;;;/m10.0..../s1. The molecule has 24 heteroatoms. The normalized spacial score (nSPS) is 19.0. The number of hydrogen-bond donors (Lipinski definition) is 1. The van der Waals surface area contributed by atoms with Crippen LogP contribution < -0.4 is 44.5 Å². The monoisotopic (exact) mass is 1840 g/mol. The number of carbonyl (C=O) groups excluding carboxylic acids is 1. The van der Waals surface area contributed by atoms with E-state index < -0.39 is 9.84 Å². The van der Waals surface area contributed by atoms with E-state index in [-0.39, 0.29) is 22.6 Å². The van der Waals surface area contributed by atoms with Crippen LogP contribution in [0.5, 0.6) is 0 Å². The Balaban J connectivity index is 0.000000171. The number of amides is 1. The second-order valence-corrected chi connectivity index (χ2v) is 43.8. The number of methoxy groups -OCH3 is 1. The Morgan fingerprint density at radius 3 is 1.04 bits per heavy atom. The SMILES string of the molecule is CC(=O)N[C@@H]1CCN(c2ccc(C(C)C)cn2)C1.CC(C)(C)c1ccc(N2CCC(S(C)(=O)=O)C2)nc1.CC(C)c1ccc(N2CCCCC2)nc1.CC(C)c1ccc(N2CCOCC2)nc1.CC(C)c1ccc(N2CC[C@H](N(C)C)C2)nc1.CC1CCN(c2ccc(C(C)C)cn2)CC1.CC1CCN(c2ccc(C(C)C)cn2)CC1.COC[C@@H]1CCCN1c1ccc(C(C)C)cn1. The number of sulfone groups is 1. The molecule has 8 aliphatic rings.